The van der Waals surface area contributed by atoms with Gasteiger partial charge in [-0.05, 0) is 36.6 Å². The molecule has 0 heterocycles. The SMILES string of the molecule is CC1(C)C(C(=O)N(CCCN)C2CCCC2)C1(C)C. The molecule has 0 radical (unpaired) electrons. The molecule has 0 saturated heterocycles. The van der Waals surface area contributed by atoms with Gasteiger partial charge in [-0.15, -0.1) is 0 Å². The average molecular weight is 266 g/mol. The van der Waals surface area contributed by atoms with Crippen LogP contribution >= 0.6 is 0 Å². The molecule has 1 amide bonds. The van der Waals surface area contributed by atoms with Gasteiger partial charge in [0.1, 0.15) is 0 Å². The number of hydrogen-bond donors (Lipinski definition) is 1. The zero-order chi connectivity index (χ0) is 14.3. The van der Waals surface area contributed by atoms with E-state index in [9.17, 15) is 4.79 Å². The molecule has 2 saturated carbocycles. The topological polar surface area (TPSA) is 46.3 Å². The van der Waals surface area contributed by atoms with Gasteiger partial charge in [-0.1, -0.05) is 40.5 Å². The van der Waals surface area contributed by atoms with Crippen LogP contribution in [0.15, 0.2) is 0 Å². The molecule has 19 heavy (non-hydrogen) atoms. The first-order chi connectivity index (χ1) is 8.84. The molecule has 2 N–H and O–H groups in total. The zero-order valence-electron chi connectivity index (χ0n) is 13.0. The fraction of sp³-hybridized carbons (Fsp3) is 0.938. The highest BCUT2D eigenvalue weighted by molar-refractivity contribution is 5.84. The van der Waals surface area contributed by atoms with Crippen LogP contribution in [0.5, 0.6) is 0 Å². The summed E-state index contributed by atoms with van der Waals surface area (Å²) in [5.41, 5.74) is 5.92. The zero-order valence-corrected chi connectivity index (χ0v) is 13.0. The van der Waals surface area contributed by atoms with Gasteiger partial charge in [-0.2, -0.15) is 0 Å². The third-order valence-electron chi connectivity index (χ3n) is 5.92. The standard InChI is InChI=1S/C16H30N2O/c1-15(2)13(16(15,3)4)14(19)18(11-7-10-17)12-8-5-6-9-12/h12-13H,5-11,17H2,1-4H3. The quantitative estimate of drug-likeness (QED) is 0.831. The molecule has 3 nitrogen and oxygen atoms in total. The molecule has 0 aromatic carbocycles. The van der Waals surface area contributed by atoms with Gasteiger partial charge in [-0.25, -0.2) is 0 Å². The number of hydrogen-bond acceptors (Lipinski definition) is 2. The molecule has 0 bridgehead atoms. The summed E-state index contributed by atoms with van der Waals surface area (Å²) >= 11 is 0. The van der Waals surface area contributed by atoms with Gasteiger partial charge in [0.15, 0.2) is 0 Å². The van der Waals surface area contributed by atoms with Crippen molar-refractivity contribution in [3.63, 3.8) is 0 Å². The highest BCUT2D eigenvalue weighted by Crippen LogP contribution is 2.69. The fourth-order valence-electron chi connectivity index (χ4n) is 3.93. The molecule has 0 aromatic heterocycles. The van der Waals surface area contributed by atoms with E-state index in [-0.39, 0.29) is 16.7 Å². The molecule has 0 unspecified atom stereocenters. The summed E-state index contributed by atoms with van der Waals surface area (Å²) in [5.74, 6) is 0.578. The van der Waals surface area contributed by atoms with Crippen molar-refractivity contribution >= 4 is 5.91 Å². The molecule has 2 fully saturated rings. The predicted octanol–water partition coefficient (Wildman–Crippen LogP) is 2.79. The lowest BCUT2D eigenvalue weighted by Gasteiger charge is -2.30. The van der Waals surface area contributed by atoms with E-state index < -0.39 is 0 Å². The minimum Gasteiger partial charge on any atom is -0.339 e. The molecule has 110 valence electrons. The minimum absolute atomic E-state index is 0.143. The van der Waals surface area contributed by atoms with Crippen LogP contribution in [0.25, 0.3) is 0 Å². The number of carbonyl (C=O) groups is 1. The molecule has 2 rings (SSSR count). The van der Waals surface area contributed by atoms with E-state index >= 15 is 0 Å². The Bertz CT molecular complexity index is 329. The van der Waals surface area contributed by atoms with E-state index in [4.69, 9.17) is 5.73 Å². The maximum atomic E-state index is 12.9. The first-order valence-corrected chi connectivity index (χ1v) is 7.84. The van der Waals surface area contributed by atoms with Crippen LogP contribution in [0.3, 0.4) is 0 Å². The number of carbonyl (C=O) groups excluding carboxylic acids is 1. The number of nitrogens with zero attached hydrogens (tertiary/aromatic N) is 1. The summed E-state index contributed by atoms with van der Waals surface area (Å²) in [7, 11) is 0. The molecule has 0 atom stereocenters. The van der Waals surface area contributed by atoms with Crippen molar-refractivity contribution in [2.24, 2.45) is 22.5 Å². The average Bonchev–Trinajstić information content (AvgIpc) is 2.75. The molecule has 3 heteroatoms. The summed E-state index contributed by atoms with van der Waals surface area (Å²) in [6.45, 7) is 10.4. The lowest BCUT2D eigenvalue weighted by molar-refractivity contribution is -0.136. The van der Waals surface area contributed by atoms with E-state index in [0.29, 0.717) is 18.5 Å². The van der Waals surface area contributed by atoms with Crippen LogP contribution in [-0.2, 0) is 4.79 Å². The van der Waals surface area contributed by atoms with Crippen LogP contribution in [0.1, 0.15) is 59.8 Å². The van der Waals surface area contributed by atoms with Crippen molar-refractivity contribution in [1.82, 2.24) is 4.90 Å². The van der Waals surface area contributed by atoms with Crippen molar-refractivity contribution in [3.8, 4) is 0 Å². The second-order valence-electron chi connectivity index (χ2n) is 7.49. The normalized spacial score (nSPS) is 25.5. The monoisotopic (exact) mass is 266 g/mol. The Balaban J connectivity index is 2.08. The Morgan fingerprint density at radius 2 is 1.68 bits per heavy atom. The van der Waals surface area contributed by atoms with Gasteiger partial charge >= 0.3 is 0 Å². The maximum Gasteiger partial charge on any atom is 0.227 e. The van der Waals surface area contributed by atoms with Crippen molar-refractivity contribution in [2.45, 2.75) is 65.8 Å². The van der Waals surface area contributed by atoms with E-state index in [0.717, 1.165) is 13.0 Å². The molecule has 0 spiro atoms. The molecule has 2 aliphatic rings. The summed E-state index contributed by atoms with van der Waals surface area (Å²) in [4.78, 5) is 15.1. The van der Waals surface area contributed by atoms with Gasteiger partial charge in [0, 0.05) is 18.5 Å². The third kappa shape index (κ3) is 2.42. The van der Waals surface area contributed by atoms with Crippen molar-refractivity contribution in [3.05, 3.63) is 0 Å². The maximum absolute atomic E-state index is 12.9. The van der Waals surface area contributed by atoms with E-state index in [1.807, 2.05) is 0 Å². The van der Waals surface area contributed by atoms with Crippen molar-refractivity contribution in [1.29, 1.82) is 0 Å². The highest BCUT2D eigenvalue weighted by atomic mass is 16.2. The summed E-state index contributed by atoms with van der Waals surface area (Å²) in [5, 5.41) is 0. The van der Waals surface area contributed by atoms with Crippen LogP contribution in [0, 0.1) is 16.7 Å². The minimum atomic E-state index is 0.143. The van der Waals surface area contributed by atoms with Crippen LogP contribution in [-0.4, -0.2) is 29.9 Å². The Morgan fingerprint density at radius 3 is 2.11 bits per heavy atom. The second kappa shape index (κ2) is 5.08. The summed E-state index contributed by atoms with van der Waals surface area (Å²) < 4.78 is 0. The molecular formula is C16H30N2O. The molecule has 2 aliphatic carbocycles. The Hall–Kier alpha value is -0.570. The molecule has 0 aromatic rings. The van der Waals surface area contributed by atoms with Gasteiger partial charge in [0.2, 0.25) is 5.91 Å². The van der Waals surface area contributed by atoms with Crippen LogP contribution < -0.4 is 5.73 Å². The third-order valence-corrected chi connectivity index (χ3v) is 5.92. The van der Waals surface area contributed by atoms with E-state index in [2.05, 4.69) is 32.6 Å². The Kier molecular flexibility index (Phi) is 3.97. The Labute approximate surface area is 117 Å². The van der Waals surface area contributed by atoms with Gasteiger partial charge < -0.3 is 10.6 Å². The van der Waals surface area contributed by atoms with Gasteiger partial charge in [0.25, 0.3) is 0 Å². The number of amides is 1. The van der Waals surface area contributed by atoms with E-state index in [1.54, 1.807) is 0 Å². The number of rotatable bonds is 5. The van der Waals surface area contributed by atoms with Crippen molar-refractivity contribution in [2.75, 3.05) is 13.1 Å². The first kappa shape index (κ1) is 14.8. The first-order valence-electron chi connectivity index (χ1n) is 7.84. The Morgan fingerprint density at radius 1 is 1.16 bits per heavy atom. The summed E-state index contributed by atoms with van der Waals surface area (Å²) in [6, 6.07) is 0.478. The number of nitrogens with two attached hydrogens (primary N) is 1. The fourth-order valence-corrected chi connectivity index (χ4v) is 3.93. The van der Waals surface area contributed by atoms with Crippen LogP contribution in [0.4, 0.5) is 0 Å². The lowest BCUT2D eigenvalue weighted by Crippen LogP contribution is -2.42. The second-order valence-corrected chi connectivity index (χ2v) is 7.49. The van der Waals surface area contributed by atoms with Gasteiger partial charge in [-0.3, -0.25) is 4.79 Å². The van der Waals surface area contributed by atoms with Crippen molar-refractivity contribution < 1.29 is 4.79 Å². The van der Waals surface area contributed by atoms with E-state index in [1.165, 1.54) is 25.7 Å². The predicted molar refractivity (Wildman–Crippen MR) is 78.7 cm³/mol. The highest BCUT2D eigenvalue weighted by Gasteiger charge is 2.69. The smallest absolute Gasteiger partial charge is 0.227 e. The molecule has 0 aliphatic heterocycles. The summed E-state index contributed by atoms with van der Waals surface area (Å²) in [6.07, 6.45) is 5.84. The van der Waals surface area contributed by atoms with Gasteiger partial charge in [0.05, 0.1) is 0 Å². The van der Waals surface area contributed by atoms with Crippen LogP contribution in [0.2, 0.25) is 0 Å². The molecular weight excluding hydrogens is 236 g/mol. The largest absolute Gasteiger partial charge is 0.339 e. The lowest BCUT2D eigenvalue weighted by atomic mass is 10.0.